The summed E-state index contributed by atoms with van der Waals surface area (Å²) in [5.41, 5.74) is 2.63. The zero-order valence-electron chi connectivity index (χ0n) is 15.0. The number of aliphatic imine (C=N–C) groups is 1. The molecule has 1 fully saturated rings. The van der Waals surface area contributed by atoms with Crippen molar-refractivity contribution in [2.75, 3.05) is 12.0 Å². The minimum absolute atomic E-state index is 0.0775. The number of carbonyl (C=O) groups excluding carboxylic acids is 2. The fraction of sp³-hybridized carbons (Fsp3) is 0.200. The third kappa shape index (κ3) is 4.20. The van der Waals surface area contributed by atoms with Gasteiger partial charge >= 0.3 is 0 Å². The van der Waals surface area contributed by atoms with Crippen molar-refractivity contribution < 1.29 is 14.3 Å². The maximum Gasteiger partial charge on any atom is 0.251 e. The van der Waals surface area contributed by atoms with Crippen molar-refractivity contribution in [3.63, 3.8) is 0 Å². The van der Waals surface area contributed by atoms with Crippen LogP contribution in [0.25, 0.3) is 0 Å². The highest BCUT2D eigenvalue weighted by atomic mass is 32.1. The third-order valence-corrected chi connectivity index (χ3v) is 4.47. The number of rotatable bonds is 5. The first kappa shape index (κ1) is 18.7. The van der Waals surface area contributed by atoms with Crippen molar-refractivity contribution in [3.05, 3.63) is 59.7 Å². The van der Waals surface area contributed by atoms with E-state index in [1.807, 2.05) is 43.3 Å². The molecule has 1 aliphatic heterocycles. The largest absolute Gasteiger partial charge is 0.497 e. The number of nitrogens with zero attached hydrogens (tertiary/aromatic N) is 2. The second kappa shape index (κ2) is 8.09. The first-order valence-electron chi connectivity index (χ1n) is 8.38. The van der Waals surface area contributed by atoms with Crippen LogP contribution in [-0.2, 0) is 16.1 Å². The molecule has 0 radical (unpaired) electrons. The van der Waals surface area contributed by atoms with Crippen molar-refractivity contribution in [1.82, 2.24) is 5.32 Å². The first-order valence-corrected chi connectivity index (χ1v) is 8.79. The van der Waals surface area contributed by atoms with Crippen molar-refractivity contribution in [2.24, 2.45) is 10.9 Å². The van der Waals surface area contributed by atoms with Gasteiger partial charge in [-0.1, -0.05) is 29.8 Å². The lowest BCUT2D eigenvalue weighted by molar-refractivity contribution is -0.130. The summed E-state index contributed by atoms with van der Waals surface area (Å²) < 4.78 is 5.11. The summed E-state index contributed by atoms with van der Waals surface area (Å²) in [4.78, 5) is 30.7. The van der Waals surface area contributed by atoms with Gasteiger partial charge in [0.2, 0.25) is 5.91 Å². The lowest BCUT2D eigenvalue weighted by atomic mass is 10.1. The summed E-state index contributed by atoms with van der Waals surface area (Å²) >= 11 is 5.18. The molecule has 0 saturated carbocycles. The number of methoxy groups -OCH3 is 1. The quantitative estimate of drug-likeness (QED) is 0.491. The number of ether oxygens (including phenoxy) is 1. The number of aryl methyl sites for hydroxylation is 1. The molecule has 2 amide bonds. The standard InChI is InChI=1S/C20H19N3O3S/c1-13-3-7-15(8-4-13)23-19(25)17(18(24)22-20(23)27)12-21-11-14-5-9-16(26-2)10-6-14/h3-10,12,17H,11H2,1-2H3,(H,22,24,27)/t17-/m0/s1. The molecule has 0 spiro atoms. The van der Waals surface area contributed by atoms with Gasteiger partial charge in [-0.2, -0.15) is 0 Å². The molecule has 1 saturated heterocycles. The highest BCUT2D eigenvalue weighted by molar-refractivity contribution is 7.80. The fourth-order valence-corrected chi connectivity index (χ4v) is 2.95. The van der Waals surface area contributed by atoms with Crippen LogP contribution in [0, 0.1) is 12.8 Å². The van der Waals surface area contributed by atoms with E-state index in [4.69, 9.17) is 17.0 Å². The van der Waals surface area contributed by atoms with Gasteiger partial charge in [0, 0.05) is 6.21 Å². The molecule has 0 aromatic heterocycles. The van der Waals surface area contributed by atoms with Gasteiger partial charge in [-0.3, -0.25) is 19.5 Å². The van der Waals surface area contributed by atoms with Crippen molar-refractivity contribution in [1.29, 1.82) is 0 Å². The van der Waals surface area contributed by atoms with Crippen LogP contribution in [0.3, 0.4) is 0 Å². The van der Waals surface area contributed by atoms with E-state index in [0.717, 1.165) is 16.9 Å². The van der Waals surface area contributed by atoms with Gasteiger partial charge in [0.1, 0.15) is 5.75 Å². The Morgan fingerprint density at radius 3 is 2.44 bits per heavy atom. The van der Waals surface area contributed by atoms with Gasteiger partial charge in [-0.05, 0) is 49.0 Å². The minimum Gasteiger partial charge on any atom is -0.497 e. The summed E-state index contributed by atoms with van der Waals surface area (Å²) in [5, 5.41) is 2.65. The molecule has 3 rings (SSSR count). The monoisotopic (exact) mass is 381 g/mol. The van der Waals surface area contributed by atoms with Crippen LogP contribution in [-0.4, -0.2) is 30.3 Å². The van der Waals surface area contributed by atoms with E-state index in [2.05, 4.69) is 10.3 Å². The zero-order chi connectivity index (χ0) is 19.4. The van der Waals surface area contributed by atoms with E-state index in [9.17, 15) is 9.59 Å². The molecule has 1 heterocycles. The van der Waals surface area contributed by atoms with E-state index in [-0.39, 0.29) is 5.11 Å². The number of amides is 2. The highest BCUT2D eigenvalue weighted by Gasteiger charge is 2.38. The fourth-order valence-electron chi connectivity index (χ4n) is 2.65. The maximum absolute atomic E-state index is 12.8. The highest BCUT2D eigenvalue weighted by Crippen LogP contribution is 2.21. The number of thiocarbonyl (C=S) groups is 1. The average Bonchev–Trinajstić information content (AvgIpc) is 2.66. The Morgan fingerprint density at radius 2 is 1.81 bits per heavy atom. The van der Waals surface area contributed by atoms with Crippen LogP contribution >= 0.6 is 12.2 Å². The topological polar surface area (TPSA) is 71.0 Å². The van der Waals surface area contributed by atoms with Crippen molar-refractivity contribution >= 4 is 41.0 Å². The van der Waals surface area contributed by atoms with Crippen LogP contribution in [0.15, 0.2) is 53.5 Å². The summed E-state index contributed by atoms with van der Waals surface area (Å²) in [5.74, 6) is -1.14. The van der Waals surface area contributed by atoms with Gasteiger partial charge in [0.15, 0.2) is 11.0 Å². The number of anilines is 1. The number of carbonyl (C=O) groups is 2. The summed E-state index contributed by atoms with van der Waals surface area (Å²) in [6, 6.07) is 14.8. The Labute approximate surface area is 162 Å². The van der Waals surface area contributed by atoms with E-state index in [0.29, 0.717) is 12.2 Å². The van der Waals surface area contributed by atoms with E-state index in [1.165, 1.54) is 11.1 Å². The molecule has 0 bridgehead atoms. The van der Waals surface area contributed by atoms with Crippen molar-refractivity contribution in [3.8, 4) is 5.75 Å². The van der Waals surface area contributed by atoms with Gasteiger partial charge in [-0.25, -0.2) is 0 Å². The van der Waals surface area contributed by atoms with Crippen LogP contribution in [0.4, 0.5) is 5.69 Å². The number of nitrogens with one attached hydrogen (secondary N) is 1. The van der Waals surface area contributed by atoms with Crippen LogP contribution in [0.2, 0.25) is 0 Å². The predicted octanol–water partition coefficient (Wildman–Crippen LogP) is 2.64. The first-order chi connectivity index (χ1) is 13.0. The maximum atomic E-state index is 12.8. The molecule has 27 heavy (non-hydrogen) atoms. The average molecular weight is 381 g/mol. The second-order valence-corrected chi connectivity index (χ2v) is 6.51. The molecule has 0 aliphatic carbocycles. The molecule has 1 atom stereocenters. The lowest BCUT2D eigenvalue weighted by Crippen LogP contribution is -2.58. The number of hydrogen-bond acceptors (Lipinski definition) is 5. The van der Waals surface area contributed by atoms with E-state index < -0.39 is 17.7 Å². The van der Waals surface area contributed by atoms with Crippen molar-refractivity contribution in [2.45, 2.75) is 13.5 Å². The van der Waals surface area contributed by atoms with Gasteiger partial charge in [0.25, 0.3) is 5.91 Å². The molecular weight excluding hydrogens is 362 g/mol. The SMILES string of the molecule is COc1ccc(CN=C[C@H]2C(=O)NC(=S)N(c3ccc(C)cc3)C2=O)cc1. The molecule has 0 unspecified atom stereocenters. The molecule has 1 N–H and O–H groups in total. The smallest absolute Gasteiger partial charge is 0.251 e. The lowest BCUT2D eigenvalue weighted by Gasteiger charge is -2.31. The molecule has 2 aromatic carbocycles. The second-order valence-electron chi connectivity index (χ2n) is 6.12. The predicted molar refractivity (Wildman–Crippen MR) is 108 cm³/mol. The Kier molecular flexibility index (Phi) is 5.61. The van der Waals surface area contributed by atoms with E-state index in [1.54, 1.807) is 19.2 Å². The molecular formula is C20H19N3O3S. The van der Waals surface area contributed by atoms with E-state index >= 15 is 0 Å². The third-order valence-electron chi connectivity index (χ3n) is 4.18. The van der Waals surface area contributed by atoms with Crippen LogP contribution < -0.4 is 15.0 Å². The zero-order valence-corrected chi connectivity index (χ0v) is 15.8. The van der Waals surface area contributed by atoms with Gasteiger partial charge in [-0.15, -0.1) is 0 Å². The Hall–Kier alpha value is -3.06. The Morgan fingerprint density at radius 1 is 1.15 bits per heavy atom. The minimum atomic E-state index is -1.02. The Bertz CT molecular complexity index is 892. The summed E-state index contributed by atoms with van der Waals surface area (Å²) in [6.45, 7) is 2.31. The summed E-state index contributed by atoms with van der Waals surface area (Å²) in [6.07, 6.45) is 1.38. The number of benzene rings is 2. The van der Waals surface area contributed by atoms with Gasteiger partial charge in [0.05, 0.1) is 19.3 Å². The van der Waals surface area contributed by atoms with Crippen LogP contribution in [0.1, 0.15) is 11.1 Å². The van der Waals surface area contributed by atoms with Crippen LogP contribution in [0.5, 0.6) is 5.75 Å². The molecule has 7 heteroatoms. The molecule has 1 aliphatic rings. The normalized spacial score (nSPS) is 17.3. The molecule has 6 nitrogen and oxygen atoms in total. The molecule has 2 aromatic rings. The number of hydrogen-bond donors (Lipinski definition) is 1. The summed E-state index contributed by atoms with van der Waals surface area (Å²) in [7, 11) is 1.60. The molecule has 138 valence electrons. The van der Waals surface area contributed by atoms with Gasteiger partial charge < -0.3 is 10.1 Å². The Balaban J connectivity index is 1.75.